The van der Waals surface area contributed by atoms with Crippen molar-refractivity contribution in [1.82, 2.24) is 15.5 Å². The number of carbonyl (C=O) groups excluding carboxylic acids is 4. The molecule has 0 aliphatic carbocycles. The van der Waals surface area contributed by atoms with Gasteiger partial charge in [0.2, 0.25) is 11.8 Å². The Balaban J connectivity index is 1.60. The Morgan fingerprint density at radius 3 is 2.22 bits per heavy atom. The molecule has 2 aliphatic rings. The Hall–Kier alpha value is -3.01. The number of carbonyl (C=O) groups is 4. The van der Waals surface area contributed by atoms with Crippen LogP contribution in [0.25, 0.3) is 0 Å². The van der Waals surface area contributed by atoms with E-state index in [4.69, 9.17) is 11.6 Å². The fraction of sp³-hybridized carbons (Fsp3) is 0.273. The Morgan fingerprint density at radius 2 is 1.62 bits per heavy atom. The molecule has 0 unspecified atom stereocenters. The van der Waals surface area contributed by atoms with Crippen molar-refractivity contribution < 1.29 is 28.0 Å². The van der Waals surface area contributed by atoms with Crippen LogP contribution >= 0.6 is 11.6 Å². The molecule has 37 heavy (non-hydrogen) atoms. The van der Waals surface area contributed by atoms with Crippen LogP contribution in [0.4, 0.5) is 8.78 Å². The second-order valence-electron chi connectivity index (χ2n) is 10.9. The van der Waals surface area contributed by atoms with E-state index in [0.717, 1.165) is 12.1 Å². The Bertz CT molecular complexity index is 1340. The molecule has 1 saturated heterocycles. The van der Waals surface area contributed by atoms with Gasteiger partial charge in [0.1, 0.15) is 39.2 Å². The Labute approximate surface area is 222 Å². The molecule has 2 aliphatic heterocycles. The maximum atomic E-state index is 14.9. The third-order valence-corrected chi connectivity index (χ3v) is 7.96. The molecule has 15 heteroatoms. The van der Waals surface area contributed by atoms with Gasteiger partial charge in [0.25, 0.3) is 11.8 Å². The van der Waals surface area contributed by atoms with Gasteiger partial charge in [0, 0.05) is 34.5 Å². The molecular formula is C22H23B5ClF2N3O4. The van der Waals surface area contributed by atoms with Crippen molar-refractivity contribution in [3.05, 3.63) is 69.7 Å². The van der Waals surface area contributed by atoms with Crippen molar-refractivity contribution in [3.63, 3.8) is 0 Å². The molecule has 1 fully saturated rings. The third-order valence-electron chi connectivity index (χ3n) is 7.70. The number of imide groups is 1. The molecule has 0 spiro atoms. The molecule has 1 atom stereocenters. The molecule has 0 aromatic heterocycles. The number of alkyl halides is 2. The summed E-state index contributed by atoms with van der Waals surface area (Å²) >= 11 is 5.77. The fourth-order valence-electron chi connectivity index (χ4n) is 4.96. The van der Waals surface area contributed by atoms with Crippen LogP contribution in [0.1, 0.15) is 33.5 Å². The van der Waals surface area contributed by atoms with Crippen LogP contribution in [-0.4, -0.2) is 73.2 Å². The lowest BCUT2D eigenvalue weighted by atomic mass is 9.36. The first-order valence-electron chi connectivity index (χ1n) is 11.8. The SMILES string of the molecule is BC(B)(NC(=O)C(F)(F)c1ccc(Cl)cc1)c1ccc2c(c1)CN([C@@]1(B)C(=O)NC(=O)CC1(B)B)C2=O. The molecule has 7 nitrogen and oxygen atoms in total. The highest BCUT2D eigenvalue weighted by Crippen LogP contribution is 2.44. The zero-order valence-electron chi connectivity index (χ0n) is 21.2. The van der Waals surface area contributed by atoms with E-state index in [-0.39, 0.29) is 23.9 Å². The molecule has 0 radical (unpaired) electrons. The molecule has 4 amide bonds. The number of piperidine rings is 1. The van der Waals surface area contributed by atoms with Gasteiger partial charge >= 0.3 is 5.92 Å². The first kappa shape index (κ1) is 27.0. The van der Waals surface area contributed by atoms with Gasteiger partial charge in [-0.1, -0.05) is 41.1 Å². The first-order valence-corrected chi connectivity index (χ1v) is 12.1. The minimum atomic E-state index is -3.79. The maximum absolute atomic E-state index is 14.9. The fourth-order valence-corrected chi connectivity index (χ4v) is 5.08. The van der Waals surface area contributed by atoms with E-state index in [1.165, 1.54) is 17.0 Å². The first-order chi connectivity index (χ1) is 17.0. The van der Waals surface area contributed by atoms with Crippen molar-refractivity contribution in [3.8, 4) is 0 Å². The minimum Gasteiger partial charge on any atom is -0.357 e. The smallest absolute Gasteiger partial charge is 0.349 e. The van der Waals surface area contributed by atoms with Crippen molar-refractivity contribution in [2.45, 2.75) is 34.9 Å². The summed E-state index contributed by atoms with van der Waals surface area (Å²) in [6, 6.07) is 9.62. The summed E-state index contributed by atoms with van der Waals surface area (Å²) in [6.45, 7) is 0.0918. The molecule has 2 aromatic carbocycles. The monoisotopic (exact) mass is 521 g/mol. The van der Waals surface area contributed by atoms with Gasteiger partial charge in [0.05, 0.1) is 5.44 Å². The highest BCUT2D eigenvalue weighted by atomic mass is 35.5. The number of halogens is 3. The maximum Gasteiger partial charge on any atom is 0.349 e. The molecule has 0 saturated carbocycles. The lowest BCUT2D eigenvalue weighted by molar-refractivity contribution is -0.147. The van der Waals surface area contributed by atoms with E-state index in [0.29, 0.717) is 16.7 Å². The van der Waals surface area contributed by atoms with E-state index in [2.05, 4.69) is 10.6 Å². The summed E-state index contributed by atoms with van der Waals surface area (Å²) in [7, 11) is 8.35. The van der Waals surface area contributed by atoms with Gasteiger partial charge in [-0.05, 0) is 29.3 Å². The number of rotatable bonds is 5. The quantitative estimate of drug-likeness (QED) is 0.332. The van der Waals surface area contributed by atoms with Crippen LogP contribution in [0.2, 0.25) is 10.2 Å². The lowest BCUT2D eigenvalue weighted by Gasteiger charge is -2.51. The summed E-state index contributed by atoms with van der Waals surface area (Å²) in [6.07, 6.45) is 0.0709. The number of nitrogens with one attached hydrogen (secondary N) is 2. The van der Waals surface area contributed by atoms with Gasteiger partial charge in [-0.15, -0.1) is 0 Å². The number of hydrogen-bond donors (Lipinski definition) is 2. The summed E-state index contributed by atoms with van der Waals surface area (Å²) in [4.78, 5) is 52.4. The second-order valence-corrected chi connectivity index (χ2v) is 11.4. The van der Waals surface area contributed by atoms with Gasteiger partial charge in [-0.3, -0.25) is 24.5 Å². The Kier molecular flexibility index (Phi) is 6.42. The van der Waals surface area contributed by atoms with Crippen LogP contribution < -0.4 is 10.6 Å². The van der Waals surface area contributed by atoms with E-state index < -0.39 is 45.2 Å². The zero-order valence-corrected chi connectivity index (χ0v) is 21.9. The van der Waals surface area contributed by atoms with E-state index in [1.54, 1.807) is 57.4 Å². The van der Waals surface area contributed by atoms with Gasteiger partial charge in [-0.2, -0.15) is 8.78 Å². The minimum absolute atomic E-state index is 0.0709. The second kappa shape index (κ2) is 8.79. The van der Waals surface area contributed by atoms with E-state index in [9.17, 15) is 28.0 Å². The normalized spacial score (nSPS) is 21.4. The number of nitrogens with zero attached hydrogens (tertiary/aromatic N) is 1. The average Bonchev–Trinajstić information content (AvgIpc) is 3.13. The van der Waals surface area contributed by atoms with Gasteiger partial charge in [0.15, 0.2) is 0 Å². The van der Waals surface area contributed by atoms with Crippen LogP contribution in [0.3, 0.4) is 0 Å². The number of hydrogen-bond acceptors (Lipinski definition) is 4. The topological polar surface area (TPSA) is 95.6 Å². The van der Waals surface area contributed by atoms with Crippen LogP contribution in [0.5, 0.6) is 0 Å². The number of fused-ring (bicyclic) bond motifs is 1. The van der Waals surface area contributed by atoms with E-state index >= 15 is 0 Å². The van der Waals surface area contributed by atoms with E-state index in [1.807, 2.05) is 0 Å². The largest absolute Gasteiger partial charge is 0.357 e. The van der Waals surface area contributed by atoms with Crippen LogP contribution in [0.15, 0.2) is 42.5 Å². The summed E-state index contributed by atoms with van der Waals surface area (Å²) < 4.78 is 29.7. The summed E-state index contributed by atoms with van der Waals surface area (Å²) in [5.74, 6) is -6.58. The van der Waals surface area contributed by atoms with Crippen LogP contribution in [-0.2, 0) is 32.2 Å². The molecule has 2 aromatic rings. The molecule has 0 bridgehead atoms. The predicted octanol–water partition coefficient (Wildman–Crippen LogP) is -2.66. The van der Waals surface area contributed by atoms with Crippen molar-refractivity contribution >= 4 is 74.5 Å². The Morgan fingerprint density at radius 1 is 1.03 bits per heavy atom. The standard InChI is InChI=1S/C22H23B5ClF2N3O4/c23-19(24)8-15(34)31-18(37)21(19,25)33-9-10-7-12(3-6-14(10)16(33)35)22(26,27)32-17(36)20(29,30)11-1-4-13(28)5-2-11/h1-7H,8-9,23-27H2,(H,32,36)(H,31,34,37)/t21-/m0/s1. The molecule has 4 rings (SSSR count). The van der Waals surface area contributed by atoms with Gasteiger partial charge < -0.3 is 10.2 Å². The van der Waals surface area contributed by atoms with Crippen molar-refractivity contribution in [2.75, 3.05) is 0 Å². The average molecular weight is 521 g/mol. The number of benzene rings is 2. The number of amides is 4. The zero-order chi connectivity index (χ0) is 27.6. The van der Waals surface area contributed by atoms with Crippen molar-refractivity contribution in [2.24, 2.45) is 0 Å². The highest BCUT2D eigenvalue weighted by Gasteiger charge is 2.57. The molecule has 2 N–H and O–H groups in total. The summed E-state index contributed by atoms with van der Waals surface area (Å²) in [5.41, 5.74) is -0.300. The van der Waals surface area contributed by atoms with Crippen LogP contribution in [0, 0.1) is 0 Å². The van der Waals surface area contributed by atoms with Gasteiger partial charge in [-0.25, -0.2) is 0 Å². The highest BCUT2D eigenvalue weighted by molar-refractivity contribution is 6.52. The summed E-state index contributed by atoms with van der Waals surface area (Å²) in [5, 5.41) is 2.99. The molecule has 2 heterocycles. The van der Waals surface area contributed by atoms with Crippen molar-refractivity contribution in [1.29, 1.82) is 0 Å². The predicted molar refractivity (Wildman–Crippen MR) is 147 cm³/mol. The molecule has 186 valence electrons. The molecular weight excluding hydrogens is 498 g/mol. The lowest BCUT2D eigenvalue weighted by Crippen LogP contribution is -2.70. The third kappa shape index (κ3) is 4.39.